The summed E-state index contributed by atoms with van der Waals surface area (Å²) < 4.78 is 0.735. The van der Waals surface area contributed by atoms with E-state index in [1.54, 1.807) is 36.5 Å². The molecule has 1 unspecified atom stereocenters. The Hall–Kier alpha value is -7.29. The normalized spacial score (nSPS) is 22.8. The van der Waals surface area contributed by atoms with Crippen molar-refractivity contribution in [3.63, 3.8) is 0 Å². The highest BCUT2D eigenvalue weighted by Gasteiger charge is 2.46. The zero-order chi connectivity index (χ0) is 52.5. The lowest BCUT2D eigenvalue weighted by Crippen LogP contribution is -2.67. The smallest absolute Gasteiger partial charge is 0.246 e. The summed E-state index contributed by atoms with van der Waals surface area (Å²) in [4.78, 5) is 121. The number of hydrogen-bond donors (Lipinski definition) is 11. The molecule has 0 saturated carbocycles. The number of amides is 8. The molecule has 1 spiro atoms. The summed E-state index contributed by atoms with van der Waals surface area (Å²) in [7, 11) is 0. The van der Waals surface area contributed by atoms with Crippen LogP contribution in [0, 0.1) is 0 Å². The molecule has 21 heteroatoms. The Labute approximate surface area is 432 Å². The zero-order valence-electron chi connectivity index (χ0n) is 41.0. The van der Waals surface area contributed by atoms with E-state index in [0.29, 0.717) is 43.2 Å². The first-order chi connectivity index (χ1) is 35.0. The number of nitrogens with two attached hydrogens (primary N) is 3. The summed E-state index contributed by atoms with van der Waals surface area (Å²) in [6, 6.07) is 15.5. The molecule has 3 aromatic carbocycles. The molecule has 1 aromatic heterocycles. The number of carbonyl (C=O) groups excluding carboxylic acids is 8. The fourth-order valence-corrected chi connectivity index (χ4v) is 9.59. The maximum absolute atomic E-state index is 15.2. The molecule has 2 heterocycles. The van der Waals surface area contributed by atoms with E-state index in [1.807, 2.05) is 49.4 Å². The Morgan fingerprint density at radius 3 is 2.26 bits per heavy atom. The van der Waals surface area contributed by atoms with Crippen LogP contribution in [0.25, 0.3) is 10.9 Å². The number of para-hydroxylation sites is 1. The van der Waals surface area contributed by atoms with Crippen molar-refractivity contribution in [1.82, 2.24) is 42.2 Å². The van der Waals surface area contributed by atoms with Crippen LogP contribution < -0.4 is 54.4 Å². The van der Waals surface area contributed by atoms with Gasteiger partial charge in [0, 0.05) is 60.3 Å². The second-order valence-corrected chi connectivity index (χ2v) is 19.7. The maximum atomic E-state index is 15.2. The highest BCUT2D eigenvalue weighted by Crippen LogP contribution is 2.32. The van der Waals surface area contributed by atoms with Gasteiger partial charge in [0.2, 0.25) is 47.3 Å². The molecule has 1 aliphatic carbocycles. The van der Waals surface area contributed by atoms with Crippen molar-refractivity contribution in [2.75, 3.05) is 13.1 Å². The minimum absolute atomic E-state index is 0.0102. The van der Waals surface area contributed by atoms with Crippen LogP contribution in [-0.4, -0.2) is 107 Å². The van der Waals surface area contributed by atoms with Crippen LogP contribution in [0.15, 0.2) is 88.5 Å². The van der Waals surface area contributed by atoms with Gasteiger partial charge in [-0.2, -0.15) is 0 Å². The molecule has 390 valence electrons. The van der Waals surface area contributed by atoms with Gasteiger partial charge in [-0.3, -0.25) is 43.3 Å². The molecule has 73 heavy (non-hydrogen) atoms. The molecular weight excluding hydrogens is 1000 g/mol. The van der Waals surface area contributed by atoms with Crippen molar-refractivity contribution >= 4 is 80.0 Å². The van der Waals surface area contributed by atoms with E-state index in [9.17, 15) is 33.6 Å². The second kappa shape index (κ2) is 26.4. The number of hydrogen-bond acceptors (Lipinski definition) is 9. The Morgan fingerprint density at radius 2 is 1.51 bits per heavy atom. The summed E-state index contributed by atoms with van der Waals surface area (Å²) >= 11 is 3.53. The van der Waals surface area contributed by atoms with Gasteiger partial charge in [-0.1, -0.05) is 83.9 Å². The highest BCUT2D eigenvalue weighted by atomic mass is 79.9. The number of carbonyl (C=O) groups is 8. The number of primary amides is 1. The van der Waals surface area contributed by atoms with Crippen LogP contribution in [0.3, 0.4) is 0 Å². The van der Waals surface area contributed by atoms with Gasteiger partial charge in [0.1, 0.15) is 35.7 Å². The summed E-state index contributed by atoms with van der Waals surface area (Å²) in [5, 5.41) is 20.6. The largest absolute Gasteiger partial charge is 0.370 e. The van der Waals surface area contributed by atoms with E-state index < -0.39 is 89.4 Å². The first-order valence-electron chi connectivity index (χ1n) is 24.8. The SMILES string of the molecule is CCCCC(=O)N[C@@H]1CC(=O)NCCCC[C@@H](C(N)=O)NC(=O)[C@H](Cc2c[nH]c3ccccc23)NC(=O)[C@@H](CCCN=C(N)N)NC(=O)[C@H](Cc2ccccc2)NC(=O)C2(CCc3ccc(Br)cc3C2)NC1=O. The van der Waals surface area contributed by atoms with Gasteiger partial charge in [-0.15, -0.1) is 0 Å². The molecule has 1 fully saturated rings. The third kappa shape index (κ3) is 15.8. The minimum atomic E-state index is -1.70. The van der Waals surface area contributed by atoms with E-state index >= 15 is 4.79 Å². The minimum Gasteiger partial charge on any atom is -0.370 e. The van der Waals surface area contributed by atoms with E-state index in [1.165, 1.54) is 0 Å². The van der Waals surface area contributed by atoms with Crippen LogP contribution in [0.1, 0.15) is 93.4 Å². The number of benzene rings is 3. The number of aromatic nitrogens is 1. The number of fused-ring (bicyclic) bond motifs is 2. The monoisotopic (exact) mass is 1070 g/mol. The molecular formula is C52H67BrN12O8. The molecule has 6 atom stereocenters. The number of nitrogens with one attached hydrogen (secondary N) is 8. The van der Waals surface area contributed by atoms with Gasteiger partial charge < -0.3 is 59.4 Å². The number of aliphatic imine (C=N–C) groups is 1. The van der Waals surface area contributed by atoms with Gasteiger partial charge in [0.15, 0.2) is 5.96 Å². The van der Waals surface area contributed by atoms with Crippen LogP contribution in [0.2, 0.25) is 0 Å². The number of aryl methyl sites for hydroxylation is 1. The Balaban J connectivity index is 1.41. The average Bonchev–Trinajstić information content (AvgIpc) is 3.77. The number of guanidine groups is 1. The first kappa shape index (κ1) is 55.0. The fourth-order valence-electron chi connectivity index (χ4n) is 9.18. The predicted octanol–water partition coefficient (Wildman–Crippen LogP) is 1.60. The lowest BCUT2D eigenvalue weighted by atomic mass is 9.76. The lowest BCUT2D eigenvalue weighted by molar-refractivity contribution is -0.139. The van der Waals surface area contributed by atoms with Crippen molar-refractivity contribution in [1.29, 1.82) is 0 Å². The van der Waals surface area contributed by atoms with Gasteiger partial charge in [-0.05, 0) is 91.8 Å². The fraction of sp³-hybridized carbons (Fsp3) is 0.442. The Morgan fingerprint density at radius 1 is 0.795 bits per heavy atom. The number of H-pyrrole nitrogens is 1. The standard InChI is InChI=1S/C52H67BrN12O8/c1-2-3-18-43(66)60-42-28-44(67)57-23-10-9-16-38(45(54)68)61-48(71)41(27-34-30-59-37-15-8-7-14-36(34)37)63-46(69)39(17-11-24-58-51(55)56)62-47(70)40(25-31-12-5-4-6-13-31)64-50(73)52(65-49(42)72)22-21-32-19-20-35(53)26-33(32)29-52/h4-8,12-15,19-20,26,30,38-42,59H,2-3,9-11,16-18,21-25,27-29H2,1H3,(H2,54,68)(H,57,67)(H,60,66)(H,61,71)(H,62,70)(H,63,69)(H,64,73)(H,65,72)(H4,55,56,58)/t38-,39+,40-,41-,42+,52?/m0/s1. The van der Waals surface area contributed by atoms with Crippen molar-refractivity contribution < 1.29 is 38.4 Å². The summed E-state index contributed by atoms with van der Waals surface area (Å²) in [5.41, 5.74) is 19.2. The van der Waals surface area contributed by atoms with Crippen molar-refractivity contribution in [3.8, 4) is 0 Å². The van der Waals surface area contributed by atoms with Gasteiger partial charge >= 0.3 is 0 Å². The highest BCUT2D eigenvalue weighted by molar-refractivity contribution is 9.10. The zero-order valence-corrected chi connectivity index (χ0v) is 42.6. The van der Waals surface area contributed by atoms with E-state index in [0.717, 1.165) is 26.5 Å². The third-order valence-corrected chi connectivity index (χ3v) is 13.7. The van der Waals surface area contributed by atoms with Gasteiger partial charge in [0.25, 0.3) is 0 Å². The second-order valence-electron chi connectivity index (χ2n) is 18.7. The van der Waals surface area contributed by atoms with Crippen LogP contribution in [0.5, 0.6) is 0 Å². The predicted molar refractivity (Wildman–Crippen MR) is 279 cm³/mol. The molecule has 1 aliphatic heterocycles. The summed E-state index contributed by atoms with van der Waals surface area (Å²) in [6.07, 6.45) is 3.85. The van der Waals surface area contributed by atoms with Crippen molar-refractivity contribution in [2.45, 2.75) is 133 Å². The van der Waals surface area contributed by atoms with Crippen molar-refractivity contribution in [2.24, 2.45) is 22.2 Å². The number of nitrogens with zero attached hydrogens (tertiary/aromatic N) is 1. The quantitative estimate of drug-likeness (QED) is 0.0522. The average molecular weight is 1070 g/mol. The summed E-state index contributed by atoms with van der Waals surface area (Å²) in [6.45, 7) is 2.12. The third-order valence-electron chi connectivity index (χ3n) is 13.2. The topological polar surface area (TPSA) is 327 Å². The molecule has 8 amide bonds. The molecule has 20 nitrogen and oxygen atoms in total. The van der Waals surface area contributed by atoms with Crippen LogP contribution >= 0.6 is 15.9 Å². The van der Waals surface area contributed by atoms with E-state index in [4.69, 9.17) is 17.2 Å². The van der Waals surface area contributed by atoms with Crippen molar-refractivity contribution in [3.05, 3.63) is 106 Å². The molecule has 1 saturated heterocycles. The summed E-state index contributed by atoms with van der Waals surface area (Å²) in [5.74, 6) is -5.74. The number of halogens is 1. The Kier molecular flexibility index (Phi) is 19.9. The molecule has 0 radical (unpaired) electrons. The van der Waals surface area contributed by atoms with Crippen LogP contribution in [-0.2, 0) is 64.0 Å². The number of unbranched alkanes of at least 4 members (excludes halogenated alkanes) is 1. The molecule has 14 N–H and O–H groups in total. The molecule has 4 aromatic rings. The lowest BCUT2D eigenvalue weighted by Gasteiger charge is -2.39. The molecule has 0 bridgehead atoms. The maximum Gasteiger partial charge on any atom is 0.246 e. The molecule has 2 aliphatic rings. The number of aromatic amines is 1. The van der Waals surface area contributed by atoms with E-state index in [-0.39, 0.29) is 70.4 Å². The molecule has 6 rings (SSSR count). The number of rotatable bonds is 13. The van der Waals surface area contributed by atoms with Gasteiger partial charge in [-0.25, -0.2) is 0 Å². The van der Waals surface area contributed by atoms with E-state index in [2.05, 4.69) is 63.1 Å². The van der Waals surface area contributed by atoms with Crippen LogP contribution in [0.4, 0.5) is 0 Å². The first-order valence-corrected chi connectivity index (χ1v) is 25.6. The van der Waals surface area contributed by atoms with Gasteiger partial charge in [0.05, 0.1) is 6.42 Å². The Bertz CT molecular complexity index is 2660.